The molecule has 1 unspecified atom stereocenters. The molecule has 5 N–H and O–H groups in total. The summed E-state index contributed by atoms with van der Waals surface area (Å²) in [4.78, 5) is 45.9. The van der Waals surface area contributed by atoms with E-state index >= 15 is 0 Å². The molecule has 0 aromatic carbocycles. The first-order chi connectivity index (χ1) is 12.5. The molecule has 0 fully saturated rings. The summed E-state index contributed by atoms with van der Waals surface area (Å²) in [5.41, 5.74) is 11.4. The molecule has 0 aromatic heterocycles. The van der Waals surface area contributed by atoms with E-state index in [2.05, 4.69) is 0 Å². The molecule has 0 bridgehead atoms. The average Bonchev–Trinajstić information content (AvgIpc) is 2.57. The van der Waals surface area contributed by atoms with Crippen LogP contribution >= 0.6 is 0 Å². The van der Waals surface area contributed by atoms with E-state index in [-0.39, 0.29) is 24.9 Å². The molecule has 0 saturated carbocycles. The fraction of sp³-hybridized carbons (Fsp3) is 0.765. The fourth-order valence-electron chi connectivity index (χ4n) is 1.66. The molecule has 0 rings (SSSR count). The maximum Gasteiger partial charge on any atom is 0.326 e. The van der Waals surface area contributed by atoms with Crippen molar-refractivity contribution in [3.63, 3.8) is 0 Å². The van der Waals surface area contributed by atoms with Crippen LogP contribution in [0, 0.1) is 11.8 Å². The van der Waals surface area contributed by atoms with Crippen molar-refractivity contribution in [3.05, 3.63) is 0 Å². The number of hydrogen-bond acceptors (Lipinski definition) is 9. The van der Waals surface area contributed by atoms with E-state index < -0.39 is 55.1 Å². The first-order valence-corrected chi connectivity index (χ1v) is 8.75. The lowest BCUT2D eigenvalue weighted by Gasteiger charge is -2.22. The van der Waals surface area contributed by atoms with Crippen LogP contribution in [0.3, 0.4) is 0 Å². The van der Waals surface area contributed by atoms with Gasteiger partial charge >= 0.3 is 23.9 Å². The monoisotopic (exact) mass is 390 g/mol. The van der Waals surface area contributed by atoms with E-state index in [0.717, 1.165) is 0 Å². The molecule has 10 nitrogen and oxygen atoms in total. The zero-order chi connectivity index (χ0) is 21.1. The third-order valence-electron chi connectivity index (χ3n) is 3.63. The molecule has 10 heteroatoms. The van der Waals surface area contributed by atoms with Crippen LogP contribution in [0.5, 0.6) is 0 Å². The maximum atomic E-state index is 12.0. The topological polar surface area (TPSA) is 168 Å². The summed E-state index contributed by atoms with van der Waals surface area (Å²) in [5.74, 6) is -3.78. The summed E-state index contributed by atoms with van der Waals surface area (Å²) in [6, 6.07) is -1.74. The molecule has 3 atom stereocenters. The average molecular weight is 390 g/mol. The number of ether oxygens (including phenoxy) is 3. The molecule has 0 radical (unpaired) electrons. The Morgan fingerprint density at radius 1 is 0.852 bits per heavy atom. The highest BCUT2D eigenvalue weighted by Gasteiger charge is 2.26. The second-order valence-electron chi connectivity index (χ2n) is 6.75. The van der Waals surface area contributed by atoms with E-state index in [4.69, 9.17) is 30.8 Å². The van der Waals surface area contributed by atoms with Crippen molar-refractivity contribution in [1.29, 1.82) is 0 Å². The molecule has 0 spiro atoms. The SMILES string of the molecule is CC(C)[C@H](N)C(=O)OCCC(OC(=O)CCC(=O)O)OC(=O)[C@@H](N)C(C)C. The number of aliphatic carboxylic acids is 1. The number of carboxylic acids is 1. The lowest BCUT2D eigenvalue weighted by Crippen LogP contribution is -2.40. The van der Waals surface area contributed by atoms with E-state index in [1.54, 1.807) is 27.7 Å². The smallest absolute Gasteiger partial charge is 0.326 e. The van der Waals surface area contributed by atoms with Gasteiger partial charge in [-0.25, -0.2) is 0 Å². The van der Waals surface area contributed by atoms with Gasteiger partial charge < -0.3 is 30.8 Å². The zero-order valence-corrected chi connectivity index (χ0v) is 16.2. The van der Waals surface area contributed by atoms with Gasteiger partial charge in [-0.1, -0.05) is 27.7 Å². The fourth-order valence-corrected chi connectivity index (χ4v) is 1.66. The molecule has 0 heterocycles. The molecular weight excluding hydrogens is 360 g/mol. The van der Waals surface area contributed by atoms with Gasteiger partial charge in [0.2, 0.25) is 0 Å². The Labute approximate surface area is 158 Å². The number of nitrogens with two attached hydrogens (primary N) is 2. The Kier molecular flexibility index (Phi) is 11.2. The van der Waals surface area contributed by atoms with Crippen LogP contribution in [0.4, 0.5) is 0 Å². The molecule has 156 valence electrons. The van der Waals surface area contributed by atoms with Crippen molar-refractivity contribution in [2.75, 3.05) is 6.61 Å². The molecule has 0 aromatic rings. The van der Waals surface area contributed by atoms with Crippen LogP contribution in [-0.2, 0) is 33.4 Å². The van der Waals surface area contributed by atoms with Gasteiger partial charge in [0.05, 0.1) is 25.9 Å². The molecule has 0 aliphatic rings. The summed E-state index contributed by atoms with van der Waals surface area (Å²) in [6.07, 6.45) is -2.31. The predicted octanol–water partition coefficient (Wildman–Crippen LogP) is 0.164. The van der Waals surface area contributed by atoms with Crippen molar-refractivity contribution in [1.82, 2.24) is 0 Å². The lowest BCUT2D eigenvalue weighted by molar-refractivity contribution is -0.193. The second kappa shape index (κ2) is 12.2. The minimum Gasteiger partial charge on any atom is -0.481 e. The quantitative estimate of drug-likeness (QED) is 0.308. The van der Waals surface area contributed by atoms with Crippen LogP contribution in [0.25, 0.3) is 0 Å². The summed E-state index contributed by atoms with van der Waals surface area (Å²) in [6.45, 7) is 6.74. The van der Waals surface area contributed by atoms with Gasteiger partial charge in [0.25, 0.3) is 6.29 Å². The number of carboxylic acid groups (broad SMARTS) is 1. The Hall–Kier alpha value is -2.20. The molecular formula is C17H30N2O8. The minimum atomic E-state index is -1.35. The van der Waals surface area contributed by atoms with Gasteiger partial charge in [0.1, 0.15) is 12.1 Å². The van der Waals surface area contributed by atoms with Crippen LogP contribution < -0.4 is 11.5 Å². The van der Waals surface area contributed by atoms with E-state index in [1.807, 2.05) is 0 Å². The van der Waals surface area contributed by atoms with Crippen molar-refractivity contribution in [2.45, 2.75) is 65.3 Å². The Morgan fingerprint density at radius 2 is 1.37 bits per heavy atom. The van der Waals surface area contributed by atoms with Gasteiger partial charge in [-0.2, -0.15) is 0 Å². The van der Waals surface area contributed by atoms with Crippen molar-refractivity contribution >= 4 is 23.9 Å². The third-order valence-corrected chi connectivity index (χ3v) is 3.63. The van der Waals surface area contributed by atoms with Gasteiger partial charge in [-0.15, -0.1) is 0 Å². The number of hydrogen-bond donors (Lipinski definition) is 3. The number of carbonyl (C=O) groups is 4. The van der Waals surface area contributed by atoms with E-state index in [9.17, 15) is 19.2 Å². The van der Waals surface area contributed by atoms with E-state index in [0.29, 0.717) is 0 Å². The Bertz CT molecular complexity index is 521. The third kappa shape index (κ3) is 10.5. The van der Waals surface area contributed by atoms with Gasteiger partial charge in [0.15, 0.2) is 0 Å². The summed E-state index contributed by atoms with van der Waals surface area (Å²) in [7, 11) is 0. The van der Waals surface area contributed by atoms with Crippen molar-refractivity contribution in [3.8, 4) is 0 Å². The molecule has 0 amide bonds. The van der Waals surface area contributed by atoms with Crippen LogP contribution in [0.1, 0.15) is 47.0 Å². The highest BCUT2D eigenvalue weighted by atomic mass is 16.7. The Balaban J connectivity index is 4.76. The summed E-state index contributed by atoms with van der Waals surface area (Å²) >= 11 is 0. The number of carbonyl (C=O) groups excluding carboxylic acids is 3. The first kappa shape index (κ1) is 24.8. The van der Waals surface area contributed by atoms with Gasteiger partial charge in [0, 0.05) is 0 Å². The van der Waals surface area contributed by atoms with Crippen LogP contribution in [-0.4, -0.2) is 54.0 Å². The lowest BCUT2D eigenvalue weighted by atomic mass is 10.1. The first-order valence-electron chi connectivity index (χ1n) is 8.75. The van der Waals surface area contributed by atoms with E-state index in [1.165, 1.54) is 0 Å². The van der Waals surface area contributed by atoms with Crippen molar-refractivity contribution < 1.29 is 38.5 Å². The van der Waals surface area contributed by atoms with Crippen molar-refractivity contribution in [2.24, 2.45) is 23.3 Å². The van der Waals surface area contributed by atoms with Gasteiger partial charge in [-0.05, 0) is 11.8 Å². The number of rotatable bonds is 12. The standard InChI is InChI=1S/C17H30N2O8/c1-9(2)14(18)16(23)25-8-7-13(26-12(22)6-5-11(20)21)27-17(24)15(19)10(3)4/h9-10,13-15H,5-8,18-19H2,1-4H3,(H,20,21)/t13?,14-,15-/m0/s1. The van der Waals surface area contributed by atoms with Crippen LogP contribution in [0.15, 0.2) is 0 Å². The second-order valence-corrected chi connectivity index (χ2v) is 6.75. The molecule has 0 aliphatic carbocycles. The molecule has 0 saturated heterocycles. The van der Waals surface area contributed by atoms with Crippen LogP contribution in [0.2, 0.25) is 0 Å². The highest BCUT2D eigenvalue weighted by Crippen LogP contribution is 2.10. The normalized spacial score (nSPS) is 14.4. The van der Waals surface area contributed by atoms with Gasteiger partial charge in [-0.3, -0.25) is 19.2 Å². The summed E-state index contributed by atoms with van der Waals surface area (Å²) in [5, 5.41) is 8.60. The Morgan fingerprint density at radius 3 is 1.85 bits per heavy atom. The molecule has 27 heavy (non-hydrogen) atoms. The highest BCUT2D eigenvalue weighted by molar-refractivity contribution is 5.78. The zero-order valence-electron chi connectivity index (χ0n) is 16.2. The largest absolute Gasteiger partial charge is 0.481 e. The minimum absolute atomic E-state index is 0.121. The number of esters is 3. The maximum absolute atomic E-state index is 12.0. The summed E-state index contributed by atoms with van der Waals surface area (Å²) < 4.78 is 15.0. The molecule has 0 aliphatic heterocycles. The predicted molar refractivity (Wildman–Crippen MR) is 94.0 cm³/mol.